The lowest BCUT2D eigenvalue weighted by Gasteiger charge is -2.23. The van der Waals surface area contributed by atoms with E-state index in [4.69, 9.17) is 9.72 Å². The summed E-state index contributed by atoms with van der Waals surface area (Å²) in [5, 5.41) is 11.7. The molecule has 0 saturated carbocycles. The molecule has 3 aromatic carbocycles. The summed E-state index contributed by atoms with van der Waals surface area (Å²) in [5.41, 5.74) is 4.14. The topological polar surface area (TPSA) is 79.7 Å². The summed E-state index contributed by atoms with van der Waals surface area (Å²) in [7, 11) is 0. The van der Waals surface area contributed by atoms with Gasteiger partial charge >= 0.3 is 5.91 Å². The van der Waals surface area contributed by atoms with Crippen LogP contribution in [0.5, 0.6) is 5.75 Å². The normalized spacial score (nSPS) is 17.2. The Labute approximate surface area is 219 Å². The van der Waals surface area contributed by atoms with E-state index in [-0.39, 0.29) is 11.3 Å². The minimum absolute atomic E-state index is 0.0559. The molecule has 1 atom stereocenters. The predicted octanol–water partition coefficient (Wildman–Crippen LogP) is 6.75. The van der Waals surface area contributed by atoms with Crippen molar-refractivity contribution in [2.24, 2.45) is 0 Å². The molecule has 1 N–H and O–H groups in total. The third-order valence-corrected chi connectivity index (χ3v) is 7.57. The van der Waals surface area contributed by atoms with Crippen molar-refractivity contribution in [1.29, 1.82) is 0 Å². The number of nitrogens with zero attached hydrogens (tertiary/aromatic N) is 2. The maximum absolute atomic E-state index is 13.5. The number of aromatic nitrogens is 1. The molecule has 0 aliphatic carbocycles. The summed E-state index contributed by atoms with van der Waals surface area (Å²) >= 11 is 1.32. The largest absolute Gasteiger partial charge is 0.507 e. The van der Waals surface area contributed by atoms with Crippen LogP contribution in [0.4, 0.5) is 5.13 Å². The number of benzene rings is 3. The zero-order valence-corrected chi connectivity index (χ0v) is 22.0. The molecule has 7 heteroatoms. The maximum Gasteiger partial charge on any atom is 0.301 e. The van der Waals surface area contributed by atoms with Gasteiger partial charge in [0.05, 0.1) is 28.4 Å². The van der Waals surface area contributed by atoms with E-state index in [0.717, 1.165) is 21.4 Å². The van der Waals surface area contributed by atoms with Gasteiger partial charge in [0.25, 0.3) is 5.78 Å². The molecule has 2 heterocycles. The van der Waals surface area contributed by atoms with Gasteiger partial charge in [0.15, 0.2) is 5.13 Å². The highest BCUT2D eigenvalue weighted by molar-refractivity contribution is 7.22. The summed E-state index contributed by atoms with van der Waals surface area (Å²) in [4.78, 5) is 33.0. The van der Waals surface area contributed by atoms with Crippen LogP contribution in [0, 0.1) is 6.92 Å². The number of fused-ring (bicyclic) bond motifs is 1. The van der Waals surface area contributed by atoms with Crippen LogP contribution >= 0.6 is 11.3 Å². The van der Waals surface area contributed by atoms with Crippen LogP contribution in [0.3, 0.4) is 0 Å². The van der Waals surface area contributed by atoms with Crippen LogP contribution in [-0.4, -0.2) is 28.4 Å². The average Bonchev–Trinajstić information content (AvgIpc) is 3.42. The van der Waals surface area contributed by atoms with Gasteiger partial charge in [0.1, 0.15) is 11.5 Å². The number of aliphatic hydroxyl groups excluding tert-OH is 1. The van der Waals surface area contributed by atoms with Crippen LogP contribution in [0.25, 0.3) is 16.0 Å². The zero-order valence-electron chi connectivity index (χ0n) is 21.2. The van der Waals surface area contributed by atoms with Gasteiger partial charge in [-0.2, -0.15) is 0 Å². The number of ether oxygens (including phenoxy) is 1. The Balaban J connectivity index is 1.68. The van der Waals surface area contributed by atoms with Crippen LogP contribution in [0.1, 0.15) is 55.0 Å². The number of aryl methyl sites for hydroxylation is 1. The van der Waals surface area contributed by atoms with Crippen molar-refractivity contribution >= 4 is 44.1 Å². The molecular weight excluding hydrogens is 484 g/mol. The Hall–Kier alpha value is -3.97. The molecule has 4 aromatic rings. The average molecular weight is 513 g/mol. The standard InChI is InChI=1S/C30H28N2O4S/c1-5-36-22-14-15-23-24(16-22)37-30(31-23)32-26(20-12-10-19(11-13-20)17(2)3)25(28(34)29(32)35)27(33)21-8-6-18(4)7-9-21/h6-17,26,33H,5H2,1-4H3/t26-/m1/s1. The van der Waals surface area contributed by atoms with Crippen LogP contribution in [-0.2, 0) is 9.59 Å². The molecule has 1 aliphatic rings. The van der Waals surface area contributed by atoms with Crippen molar-refractivity contribution in [1.82, 2.24) is 4.98 Å². The second-order valence-electron chi connectivity index (χ2n) is 9.42. The third kappa shape index (κ3) is 4.51. The number of hydrogen-bond acceptors (Lipinski definition) is 6. The molecule has 1 saturated heterocycles. The van der Waals surface area contributed by atoms with Gasteiger partial charge in [-0.05, 0) is 49.1 Å². The number of carbonyl (C=O) groups excluding carboxylic acids is 2. The van der Waals surface area contributed by atoms with Gasteiger partial charge in [-0.1, -0.05) is 79.3 Å². The van der Waals surface area contributed by atoms with E-state index in [0.29, 0.717) is 34.5 Å². The van der Waals surface area contributed by atoms with Crippen molar-refractivity contribution in [3.8, 4) is 5.75 Å². The summed E-state index contributed by atoms with van der Waals surface area (Å²) in [6.45, 7) is 8.62. The van der Waals surface area contributed by atoms with Gasteiger partial charge in [-0.15, -0.1) is 0 Å². The smallest absolute Gasteiger partial charge is 0.301 e. The molecule has 0 unspecified atom stereocenters. The molecule has 188 valence electrons. The molecule has 1 amide bonds. The van der Waals surface area contributed by atoms with Crippen LogP contribution in [0.15, 0.2) is 72.3 Å². The van der Waals surface area contributed by atoms with Gasteiger partial charge in [-0.3, -0.25) is 14.5 Å². The summed E-state index contributed by atoms with van der Waals surface area (Å²) in [6, 6.07) is 19.8. The highest BCUT2D eigenvalue weighted by Crippen LogP contribution is 2.44. The molecular formula is C30H28N2O4S. The zero-order chi connectivity index (χ0) is 26.3. The monoisotopic (exact) mass is 512 g/mol. The number of ketones is 1. The summed E-state index contributed by atoms with van der Waals surface area (Å²) < 4.78 is 6.46. The SMILES string of the molecule is CCOc1ccc2nc(N3C(=O)C(=O)C(=C(O)c4ccc(C)cc4)[C@H]3c3ccc(C(C)C)cc3)sc2c1. The Bertz CT molecular complexity index is 1520. The molecule has 0 bridgehead atoms. The number of Topliss-reactive ketones (excluding diaryl/α,β-unsaturated/α-hetero) is 1. The first-order valence-electron chi connectivity index (χ1n) is 12.3. The lowest BCUT2D eigenvalue weighted by atomic mass is 9.93. The molecule has 0 spiro atoms. The van der Waals surface area contributed by atoms with Crippen molar-refractivity contribution in [2.45, 2.75) is 39.7 Å². The second-order valence-corrected chi connectivity index (χ2v) is 10.4. The molecule has 5 rings (SSSR count). The maximum atomic E-state index is 13.5. The van der Waals surface area contributed by atoms with Crippen molar-refractivity contribution in [3.05, 3.63) is 94.6 Å². The van der Waals surface area contributed by atoms with Crippen molar-refractivity contribution in [3.63, 3.8) is 0 Å². The molecule has 6 nitrogen and oxygen atoms in total. The predicted molar refractivity (Wildman–Crippen MR) is 147 cm³/mol. The Morgan fingerprint density at radius 1 is 1.05 bits per heavy atom. The Kier molecular flexibility index (Phi) is 6.56. The van der Waals surface area contributed by atoms with E-state index in [1.807, 2.05) is 68.4 Å². The van der Waals surface area contributed by atoms with Gasteiger partial charge in [0.2, 0.25) is 0 Å². The lowest BCUT2D eigenvalue weighted by molar-refractivity contribution is -0.132. The van der Waals surface area contributed by atoms with Gasteiger partial charge in [-0.25, -0.2) is 4.98 Å². The third-order valence-electron chi connectivity index (χ3n) is 6.55. The first kappa shape index (κ1) is 24.7. The van der Waals surface area contributed by atoms with E-state index in [1.165, 1.54) is 16.2 Å². The highest BCUT2D eigenvalue weighted by Gasteiger charge is 2.48. The molecule has 1 aliphatic heterocycles. The summed E-state index contributed by atoms with van der Waals surface area (Å²) in [6.07, 6.45) is 0. The second kappa shape index (κ2) is 9.82. The van der Waals surface area contributed by atoms with E-state index >= 15 is 0 Å². The Morgan fingerprint density at radius 2 is 1.76 bits per heavy atom. The van der Waals surface area contributed by atoms with Crippen LogP contribution < -0.4 is 9.64 Å². The number of carbonyl (C=O) groups is 2. The van der Waals surface area contributed by atoms with E-state index < -0.39 is 17.7 Å². The molecule has 1 fully saturated rings. The minimum Gasteiger partial charge on any atom is -0.507 e. The number of thiazole rings is 1. The number of rotatable bonds is 6. The van der Waals surface area contributed by atoms with E-state index in [1.54, 1.807) is 12.1 Å². The number of anilines is 1. The lowest BCUT2D eigenvalue weighted by Crippen LogP contribution is -2.29. The first-order valence-corrected chi connectivity index (χ1v) is 13.1. The number of aliphatic hydroxyl groups is 1. The van der Waals surface area contributed by atoms with Gasteiger partial charge in [0, 0.05) is 5.56 Å². The fourth-order valence-corrected chi connectivity index (χ4v) is 5.55. The van der Waals surface area contributed by atoms with Crippen LogP contribution in [0.2, 0.25) is 0 Å². The molecule has 0 radical (unpaired) electrons. The molecule has 37 heavy (non-hydrogen) atoms. The van der Waals surface area contributed by atoms with E-state index in [2.05, 4.69) is 13.8 Å². The fourth-order valence-electron chi connectivity index (χ4n) is 4.53. The van der Waals surface area contributed by atoms with Crippen molar-refractivity contribution in [2.75, 3.05) is 11.5 Å². The number of hydrogen-bond donors (Lipinski definition) is 1. The number of amides is 1. The highest BCUT2D eigenvalue weighted by atomic mass is 32.1. The minimum atomic E-state index is -0.811. The van der Waals surface area contributed by atoms with Gasteiger partial charge < -0.3 is 9.84 Å². The first-order chi connectivity index (χ1) is 17.8. The Morgan fingerprint density at radius 3 is 2.41 bits per heavy atom. The van der Waals surface area contributed by atoms with Crippen molar-refractivity contribution < 1.29 is 19.4 Å². The fraction of sp³-hybridized carbons (Fsp3) is 0.233. The summed E-state index contributed by atoms with van der Waals surface area (Å²) in [5.74, 6) is -0.594. The quantitative estimate of drug-likeness (QED) is 0.176. The molecule has 1 aromatic heterocycles. The van der Waals surface area contributed by atoms with E-state index in [9.17, 15) is 14.7 Å².